The van der Waals surface area contributed by atoms with Crippen LogP contribution in [0.5, 0.6) is 0 Å². The largest absolute Gasteiger partial charge is 0.376 e. The van der Waals surface area contributed by atoms with Crippen LogP contribution in [0.2, 0.25) is 0 Å². The molecule has 0 heterocycles. The van der Waals surface area contributed by atoms with Gasteiger partial charge >= 0.3 is 0 Å². The zero-order chi connectivity index (χ0) is 25.4. The highest BCUT2D eigenvalue weighted by Gasteiger charge is 2.37. The van der Waals surface area contributed by atoms with Crippen LogP contribution in [0.4, 0.5) is 0 Å². The molecule has 0 aliphatic rings. The highest BCUT2D eigenvalue weighted by atomic mass is 79.9. The molecule has 4 aromatic carbocycles. The molecular weight excluding hydrogens is 492 g/mol. The molecule has 0 radical (unpaired) electrons. The van der Waals surface area contributed by atoms with Gasteiger partial charge in [0, 0.05) is 15.6 Å². The fourth-order valence-electron chi connectivity index (χ4n) is 4.59. The van der Waals surface area contributed by atoms with E-state index in [9.17, 15) is 5.11 Å². The van der Waals surface area contributed by atoms with Gasteiger partial charge < -0.3 is 5.11 Å². The highest BCUT2D eigenvalue weighted by Crippen LogP contribution is 2.45. The molecule has 1 N–H and O–H groups in total. The van der Waals surface area contributed by atoms with Crippen LogP contribution in [0.1, 0.15) is 69.4 Å². The lowest BCUT2D eigenvalue weighted by Gasteiger charge is -2.33. The summed E-state index contributed by atoms with van der Waals surface area (Å²) in [6.45, 7) is 13.5. The molecule has 0 saturated carbocycles. The molecule has 4 aromatic rings. The number of hydrogen-bond acceptors (Lipinski definition) is 1. The van der Waals surface area contributed by atoms with Crippen LogP contribution in [0.3, 0.4) is 0 Å². The average Bonchev–Trinajstić information content (AvgIpc) is 2.83. The van der Waals surface area contributed by atoms with Crippen molar-refractivity contribution < 1.29 is 5.11 Å². The molecule has 0 amide bonds. The van der Waals surface area contributed by atoms with Gasteiger partial charge in [0.25, 0.3) is 0 Å². The number of hydrogen-bond donors (Lipinski definition) is 1. The summed E-state index contributed by atoms with van der Waals surface area (Å²) in [5.74, 6) is 0. The molecule has 0 bridgehead atoms. The van der Waals surface area contributed by atoms with E-state index in [0.29, 0.717) is 0 Å². The topological polar surface area (TPSA) is 20.2 Å². The minimum Gasteiger partial charge on any atom is -0.376 e. The Balaban J connectivity index is 2.09. The summed E-state index contributed by atoms with van der Waals surface area (Å²) in [4.78, 5) is 0. The van der Waals surface area contributed by atoms with Gasteiger partial charge in [-0.3, -0.25) is 0 Å². The van der Waals surface area contributed by atoms with Crippen molar-refractivity contribution in [1.29, 1.82) is 0 Å². The minimum absolute atomic E-state index is 0.00735. The molecule has 35 heavy (non-hydrogen) atoms. The second kappa shape index (κ2) is 9.41. The number of aliphatic hydroxyl groups is 1. The number of benzene rings is 4. The lowest BCUT2D eigenvalue weighted by Crippen LogP contribution is -2.29. The van der Waals surface area contributed by atoms with Crippen molar-refractivity contribution in [2.75, 3.05) is 0 Å². The summed E-state index contributed by atoms with van der Waals surface area (Å²) in [6, 6.07) is 33.0. The molecule has 0 aliphatic heterocycles. The summed E-state index contributed by atoms with van der Waals surface area (Å²) >= 11 is 3.86. The summed E-state index contributed by atoms with van der Waals surface area (Å²) in [5, 5.41) is 12.6. The molecule has 0 unspecified atom stereocenters. The Kier molecular flexibility index (Phi) is 6.83. The zero-order valence-electron chi connectivity index (χ0n) is 21.6. The monoisotopic (exact) mass is 526 g/mol. The van der Waals surface area contributed by atoms with Gasteiger partial charge in [0.2, 0.25) is 0 Å². The number of rotatable bonds is 4. The quantitative estimate of drug-likeness (QED) is 0.263. The van der Waals surface area contributed by atoms with Gasteiger partial charge in [-0.25, -0.2) is 0 Å². The van der Waals surface area contributed by atoms with E-state index in [1.807, 2.05) is 66.7 Å². The Hall–Kier alpha value is -2.68. The van der Waals surface area contributed by atoms with E-state index in [-0.39, 0.29) is 10.8 Å². The van der Waals surface area contributed by atoms with Crippen LogP contribution >= 0.6 is 15.9 Å². The standard InChI is InChI=1S/C33H35BrO/c1-31(2,3)26-20-23(21-27(22-26)32(4,5)6)30-28(18-13-19-29(30)34)33(35,24-14-9-7-10-15-24)25-16-11-8-12-17-25/h7-22,35H,1-6H3. The summed E-state index contributed by atoms with van der Waals surface area (Å²) in [6.07, 6.45) is 0. The molecule has 2 heteroatoms. The van der Waals surface area contributed by atoms with Crippen molar-refractivity contribution in [3.8, 4) is 11.1 Å². The van der Waals surface area contributed by atoms with Crippen molar-refractivity contribution in [1.82, 2.24) is 0 Å². The maximum Gasteiger partial charge on any atom is 0.141 e. The fraction of sp³-hybridized carbons (Fsp3) is 0.273. The molecule has 1 nitrogen and oxygen atoms in total. The third-order valence-electron chi connectivity index (χ3n) is 6.74. The second-order valence-electron chi connectivity index (χ2n) is 11.4. The Bertz CT molecular complexity index is 1240. The molecular formula is C33H35BrO. The van der Waals surface area contributed by atoms with E-state index in [1.165, 1.54) is 11.1 Å². The first-order valence-corrected chi connectivity index (χ1v) is 13.0. The van der Waals surface area contributed by atoms with Gasteiger partial charge in [-0.15, -0.1) is 0 Å². The van der Waals surface area contributed by atoms with Crippen molar-refractivity contribution >= 4 is 15.9 Å². The molecule has 180 valence electrons. The van der Waals surface area contributed by atoms with Crippen molar-refractivity contribution in [2.24, 2.45) is 0 Å². The van der Waals surface area contributed by atoms with Gasteiger partial charge in [0.1, 0.15) is 5.60 Å². The molecule has 0 saturated heterocycles. The fourth-order valence-corrected chi connectivity index (χ4v) is 5.19. The molecule has 0 aliphatic carbocycles. The number of halogens is 1. The van der Waals surface area contributed by atoms with E-state index >= 15 is 0 Å². The lowest BCUT2D eigenvalue weighted by atomic mass is 9.75. The predicted molar refractivity (Wildman–Crippen MR) is 152 cm³/mol. The third kappa shape index (κ3) is 5.01. The van der Waals surface area contributed by atoms with Gasteiger partial charge in [-0.05, 0) is 44.7 Å². The van der Waals surface area contributed by atoms with Crippen LogP contribution in [-0.4, -0.2) is 5.11 Å². The van der Waals surface area contributed by atoms with Crippen molar-refractivity contribution in [2.45, 2.75) is 58.0 Å². The maximum atomic E-state index is 12.6. The van der Waals surface area contributed by atoms with E-state index in [0.717, 1.165) is 32.3 Å². The summed E-state index contributed by atoms with van der Waals surface area (Å²) < 4.78 is 0.964. The Morgan fingerprint density at radius 2 is 1.00 bits per heavy atom. The minimum atomic E-state index is -1.32. The van der Waals surface area contributed by atoms with E-state index in [2.05, 4.69) is 87.8 Å². The van der Waals surface area contributed by atoms with Crippen LogP contribution in [0.25, 0.3) is 11.1 Å². The highest BCUT2D eigenvalue weighted by molar-refractivity contribution is 9.10. The first-order valence-electron chi connectivity index (χ1n) is 12.2. The summed E-state index contributed by atoms with van der Waals surface area (Å²) in [5.41, 5.74) is 5.89. The van der Waals surface area contributed by atoms with E-state index < -0.39 is 5.60 Å². The van der Waals surface area contributed by atoms with Crippen LogP contribution in [0, 0.1) is 0 Å². The second-order valence-corrected chi connectivity index (χ2v) is 12.3. The first kappa shape index (κ1) is 25.4. The van der Waals surface area contributed by atoms with E-state index in [4.69, 9.17) is 0 Å². The first-order chi connectivity index (χ1) is 16.4. The molecule has 0 atom stereocenters. The molecule has 0 fully saturated rings. The predicted octanol–water partition coefficient (Wildman–Crippen LogP) is 9.00. The van der Waals surface area contributed by atoms with Crippen molar-refractivity contribution in [3.05, 3.63) is 129 Å². The molecule has 0 spiro atoms. The zero-order valence-corrected chi connectivity index (χ0v) is 23.1. The molecule has 4 rings (SSSR count). The van der Waals surface area contributed by atoms with Gasteiger partial charge in [0.15, 0.2) is 0 Å². The Morgan fingerprint density at radius 1 is 0.543 bits per heavy atom. The van der Waals surface area contributed by atoms with E-state index in [1.54, 1.807) is 0 Å². The Labute approximate surface area is 219 Å². The lowest BCUT2D eigenvalue weighted by molar-refractivity contribution is 0.126. The summed E-state index contributed by atoms with van der Waals surface area (Å²) in [7, 11) is 0. The van der Waals surface area contributed by atoms with Crippen LogP contribution in [0.15, 0.2) is 102 Å². The van der Waals surface area contributed by atoms with Gasteiger partial charge in [0.05, 0.1) is 0 Å². The maximum absolute atomic E-state index is 12.6. The van der Waals surface area contributed by atoms with Crippen molar-refractivity contribution in [3.63, 3.8) is 0 Å². The normalized spacial score (nSPS) is 12.6. The SMILES string of the molecule is CC(C)(C)c1cc(-c2c(Br)cccc2C(O)(c2ccccc2)c2ccccc2)cc(C(C)(C)C)c1. The smallest absolute Gasteiger partial charge is 0.141 e. The van der Waals surface area contributed by atoms with Crippen LogP contribution < -0.4 is 0 Å². The average molecular weight is 528 g/mol. The Morgan fingerprint density at radius 3 is 1.43 bits per heavy atom. The molecule has 0 aromatic heterocycles. The van der Waals surface area contributed by atoms with Gasteiger partial charge in [-0.2, -0.15) is 0 Å². The van der Waals surface area contributed by atoms with Crippen LogP contribution in [-0.2, 0) is 16.4 Å². The third-order valence-corrected chi connectivity index (χ3v) is 7.40. The van der Waals surface area contributed by atoms with Gasteiger partial charge in [-0.1, -0.05) is 148 Å².